The van der Waals surface area contributed by atoms with Gasteiger partial charge in [-0.2, -0.15) is 0 Å². The highest BCUT2D eigenvalue weighted by molar-refractivity contribution is 5.81. The molecular formula is C17H15FN4. The van der Waals surface area contributed by atoms with E-state index >= 15 is 0 Å². The molecule has 22 heavy (non-hydrogen) atoms. The van der Waals surface area contributed by atoms with Crippen molar-refractivity contribution in [3.8, 4) is 0 Å². The van der Waals surface area contributed by atoms with Crippen molar-refractivity contribution >= 4 is 16.7 Å². The molecular weight excluding hydrogens is 279 g/mol. The molecule has 0 saturated heterocycles. The molecule has 0 aliphatic carbocycles. The van der Waals surface area contributed by atoms with E-state index in [1.54, 1.807) is 12.1 Å². The number of hydrogen-bond acceptors (Lipinski definition) is 2. The molecule has 0 radical (unpaired) electrons. The first-order chi connectivity index (χ1) is 10.6. The zero-order chi connectivity index (χ0) is 15.3. The Kier molecular flexibility index (Phi) is 2.76. The molecule has 0 unspecified atom stereocenters. The summed E-state index contributed by atoms with van der Waals surface area (Å²) >= 11 is 0. The SMILES string of the molecule is Cc1cc2c(ccc3nnc(C)n32)n1Cc1cccc(F)c1. The van der Waals surface area contributed by atoms with E-state index in [1.807, 2.05) is 29.5 Å². The molecule has 0 spiro atoms. The Labute approximate surface area is 126 Å². The monoisotopic (exact) mass is 294 g/mol. The Morgan fingerprint density at radius 3 is 2.68 bits per heavy atom. The van der Waals surface area contributed by atoms with Crippen LogP contribution in [0.25, 0.3) is 16.7 Å². The van der Waals surface area contributed by atoms with Crippen LogP contribution in [0.15, 0.2) is 42.5 Å². The Morgan fingerprint density at radius 2 is 1.86 bits per heavy atom. The van der Waals surface area contributed by atoms with E-state index in [-0.39, 0.29) is 5.82 Å². The van der Waals surface area contributed by atoms with E-state index in [0.29, 0.717) is 6.54 Å². The fourth-order valence-electron chi connectivity index (χ4n) is 3.00. The van der Waals surface area contributed by atoms with Gasteiger partial charge in [0.2, 0.25) is 0 Å². The number of aromatic nitrogens is 4. The summed E-state index contributed by atoms with van der Waals surface area (Å²) in [4.78, 5) is 0. The van der Waals surface area contributed by atoms with Crippen molar-refractivity contribution in [2.45, 2.75) is 20.4 Å². The summed E-state index contributed by atoms with van der Waals surface area (Å²) in [5.74, 6) is 0.659. The van der Waals surface area contributed by atoms with Crippen LogP contribution in [0.5, 0.6) is 0 Å². The summed E-state index contributed by atoms with van der Waals surface area (Å²) in [5.41, 5.74) is 5.08. The predicted octanol–water partition coefficient (Wildman–Crippen LogP) is 3.49. The minimum atomic E-state index is -0.205. The van der Waals surface area contributed by atoms with Gasteiger partial charge < -0.3 is 4.57 Å². The maximum Gasteiger partial charge on any atom is 0.161 e. The summed E-state index contributed by atoms with van der Waals surface area (Å²) in [7, 11) is 0. The van der Waals surface area contributed by atoms with Gasteiger partial charge in [0, 0.05) is 12.2 Å². The van der Waals surface area contributed by atoms with Crippen LogP contribution in [0.3, 0.4) is 0 Å². The molecule has 0 aliphatic heterocycles. The number of nitrogens with zero attached hydrogens (tertiary/aromatic N) is 4. The van der Waals surface area contributed by atoms with Crippen LogP contribution in [0.4, 0.5) is 4.39 Å². The van der Waals surface area contributed by atoms with Crippen molar-refractivity contribution in [3.05, 3.63) is 65.4 Å². The lowest BCUT2D eigenvalue weighted by Crippen LogP contribution is -2.02. The van der Waals surface area contributed by atoms with Crippen LogP contribution < -0.4 is 0 Å². The highest BCUT2D eigenvalue weighted by Crippen LogP contribution is 2.23. The molecule has 0 saturated carbocycles. The largest absolute Gasteiger partial charge is 0.339 e. The van der Waals surface area contributed by atoms with Gasteiger partial charge in [0.15, 0.2) is 5.65 Å². The van der Waals surface area contributed by atoms with E-state index in [4.69, 9.17) is 0 Å². The molecule has 0 aliphatic rings. The Morgan fingerprint density at radius 1 is 1.00 bits per heavy atom. The summed E-state index contributed by atoms with van der Waals surface area (Å²) in [5, 5.41) is 8.29. The lowest BCUT2D eigenvalue weighted by Gasteiger charge is -2.09. The predicted molar refractivity (Wildman–Crippen MR) is 83.5 cm³/mol. The third-order valence-corrected chi connectivity index (χ3v) is 4.04. The molecule has 0 fully saturated rings. The van der Waals surface area contributed by atoms with E-state index in [2.05, 4.69) is 27.8 Å². The van der Waals surface area contributed by atoms with Gasteiger partial charge in [-0.05, 0) is 49.7 Å². The molecule has 1 aromatic carbocycles. The molecule has 3 aromatic heterocycles. The van der Waals surface area contributed by atoms with Crippen molar-refractivity contribution in [3.63, 3.8) is 0 Å². The van der Waals surface area contributed by atoms with E-state index < -0.39 is 0 Å². The van der Waals surface area contributed by atoms with Crippen molar-refractivity contribution < 1.29 is 4.39 Å². The minimum Gasteiger partial charge on any atom is -0.339 e. The first-order valence-electron chi connectivity index (χ1n) is 7.18. The molecule has 4 rings (SSSR count). The van der Waals surface area contributed by atoms with Crippen molar-refractivity contribution in [1.82, 2.24) is 19.2 Å². The highest BCUT2D eigenvalue weighted by atomic mass is 19.1. The molecule has 5 heteroatoms. The Bertz CT molecular complexity index is 997. The standard InChI is InChI=1S/C17H15FN4/c1-11-8-16-15(6-7-17-20-19-12(2)22(16)17)21(11)10-13-4-3-5-14(18)9-13/h3-9H,10H2,1-2H3. The lowest BCUT2D eigenvalue weighted by atomic mass is 10.2. The summed E-state index contributed by atoms with van der Waals surface area (Å²) in [6.45, 7) is 4.64. The average Bonchev–Trinajstić information content (AvgIpc) is 3.01. The Hall–Kier alpha value is -2.69. The van der Waals surface area contributed by atoms with Crippen LogP contribution in [-0.2, 0) is 6.54 Å². The second kappa shape index (κ2) is 4.66. The van der Waals surface area contributed by atoms with Crippen LogP contribution >= 0.6 is 0 Å². The van der Waals surface area contributed by atoms with Crippen LogP contribution in [0.1, 0.15) is 17.1 Å². The number of pyridine rings is 1. The van der Waals surface area contributed by atoms with Crippen LogP contribution in [-0.4, -0.2) is 19.2 Å². The fraction of sp³-hybridized carbons (Fsp3) is 0.176. The number of benzene rings is 1. The van der Waals surface area contributed by atoms with Crippen molar-refractivity contribution in [2.75, 3.05) is 0 Å². The first kappa shape index (κ1) is 13.0. The van der Waals surface area contributed by atoms with Gasteiger partial charge in [-0.3, -0.25) is 4.40 Å². The van der Waals surface area contributed by atoms with Gasteiger partial charge in [-0.25, -0.2) is 4.39 Å². The highest BCUT2D eigenvalue weighted by Gasteiger charge is 2.12. The smallest absolute Gasteiger partial charge is 0.161 e. The molecule has 4 aromatic rings. The third kappa shape index (κ3) is 1.89. The van der Waals surface area contributed by atoms with Crippen LogP contribution in [0, 0.1) is 19.7 Å². The van der Waals surface area contributed by atoms with Crippen molar-refractivity contribution in [2.24, 2.45) is 0 Å². The first-order valence-corrected chi connectivity index (χ1v) is 7.18. The lowest BCUT2D eigenvalue weighted by molar-refractivity contribution is 0.623. The summed E-state index contributed by atoms with van der Waals surface area (Å²) < 4.78 is 17.6. The van der Waals surface area contributed by atoms with Gasteiger partial charge in [-0.15, -0.1) is 10.2 Å². The zero-order valence-corrected chi connectivity index (χ0v) is 12.4. The molecule has 3 heterocycles. The topological polar surface area (TPSA) is 35.1 Å². The van der Waals surface area contributed by atoms with Crippen LogP contribution in [0.2, 0.25) is 0 Å². The third-order valence-electron chi connectivity index (χ3n) is 4.04. The zero-order valence-electron chi connectivity index (χ0n) is 12.4. The van der Waals surface area contributed by atoms with Gasteiger partial charge >= 0.3 is 0 Å². The number of rotatable bonds is 2. The van der Waals surface area contributed by atoms with E-state index in [0.717, 1.165) is 33.8 Å². The van der Waals surface area contributed by atoms with Gasteiger partial charge in [0.1, 0.15) is 11.6 Å². The fourth-order valence-corrected chi connectivity index (χ4v) is 3.00. The molecule has 0 bridgehead atoms. The number of aryl methyl sites for hydroxylation is 2. The Balaban J connectivity index is 1.92. The van der Waals surface area contributed by atoms with Crippen molar-refractivity contribution in [1.29, 1.82) is 0 Å². The average molecular weight is 294 g/mol. The maximum atomic E-state index is 13.4. The molecule has 0 atom stereocenters. The van der Waals surface area contributed by atoms with Gasteiger partial charge in [-0.1, -0.05) is 12.1 Å². The molecule has 0 amide bonds. The molecule has 0 N–H and O–H groups in total. The van der Waals surface area contributed by atoms with E-state index in [1.165, 1.54) is 6.07 Å². The second-order valence-corrected chi connectivity index (χ2v) is 5.55. The van der Waals surface area contributed by atoms with E-state index in [9.17, 15) is 4.39 Å². The number of fused-ring (bicyclic) bond motifs is 3. The van der Waals surface area contributed by atoms with Gasteiger partial charge in [0.25, 0.3) is 0 Å². The summed E-state index contributed by atoms with van der Waals surface area (Å²) in [6.07, 6.45) is 0. The second-order valence-electron chi connectivity index (χ2n) is 5.55. The molecule has 110 valence electrons. The minimum absolute atomic E-state index is 0.205. The number of halogens is 1. The number of hydrogen-bond donors (Lipinski definition) is 0. The van der Waals surface area contributed by atoms with Gasteiger partial charge in [0.05, 0.1) is 11.0 Å². The normalized spacial score (nSPS) is 11.6. The molecule has 4 nitrogen and oxygen atoms in total. The summed E-state index contributed by atoms with van der Waals surface area (Å²) in [6, 6.07) is 12.9. The maximum absolute atomic E-state index is 13.4. The quantitative estimate of drug-likeness (QED) is 0.567.